The van der Waals surface area contributed by atoms with Gasteiger partial charge in [-0.2, -0.15) is 4.31 Å². The van der Waals surface area contributed by atoms with Crippen LogP contribution >= 0.6 is 11.6 Å². The molecule has 0 saturated carbocycles. The van der Waals surface area contributed by atoms with E-state index in [0.717, 1.165) is 11.1 Å². The number of ketones is 2. The zero-order valence-electron chi connectivity index (χ0n) is 18.3. The summed E-state index contributed by atoms with van der Waals surface area (Å²) in [4.78, 5) is 35.9. The number of hydrogen-bond donors (Lipinski definition) is 1. The number of piperidine rings is 1. The molecule has 0 radical (unpaired) electrons. The van der Waals surface area contributed by atoms with Crippen molar-refractivity contribution in [3.63, 3.8) is 0 Å². The topological polar surface area (TPSA) is 101 Å². The number of halogens is 1. The normalized spacial score (nSPS) is 17.1. The Kier molecular flexibility index (Phi) is 6.70. The van der Waals surface area contributed by atoms with E-state index in [9.17, 15) is 22.8 Å². The zero-order valence-corrected chi connectivity index (χ0v) is 19.8. The molecule has 1 saturated heterocycles. The van der Waals surface area contributed by atoms with Gasteiger partial charge in [0, 0.05) is 50.5 Å². The molecule has 0 unspecified atom stereocenters. The predicted molar refractivity (Wildman–Crippen MR) is 125 cm³/mol. The summed E-state index contributed by atoms with van der Waals surface area (Å²) < 4.78 is 27.4. The quantitative estimate of drug-likeness (QED) is 0.625. The second-order valence-corrected chi connectivity index (χ2v) is 11.0. The van der Waals surface area contributed by atoms with Crippen molar-refractivity contribution in [3.05, 3.63) is 58.1 Å². The van der Waals surface area contributed by atoms with E-state index in [-0.39, 0.29) is 28.3 Å². The third kappa shape index (κ3) is 5.18. The van der Waals surface area contributed by atoms with Crippen molar-refractivity contribution in [1.82, 2.24) is 4.31 Å². The van der Waals surface area contributed by atoms with Crippen LogP contribution in [0.1, 0.15) is 47.7 Å². The summed E-state index contributed by atoms with van der Waals surface area (Å²) in [7, 11) is -3.65. The van der Waals surface area contributed by atoms with Crippen molar-refractivity contribution in [1.29, 1.82) is 0 Å². The number of carbonyl (C=O) groups excluding carboxylic acids is 3. The molecule has 2 aliphatic rings. The number of fused-ring (bicyclic) bond motifs is 1. The molecule has 2 aromatic carbocycles. The number of sulfonamides is 1. The summed E-state index contributed by atoms with van der Waals surface area (Å²) in [5.74, 6) is -0.102. The van der Waals surface area contributed by atoms with E-state index in [4.69, 9.17) is 11.6 Å². The number of hydrogen-bond acceptors (Lipinski definition) is 5. The highest BCUT2D eigenvalue weighted by Crippen LogP contribution is 2.31. The highest BCUT2D eigenvalue weighted by Gasteiger charge is 2.31. The predicted octanol–water partition coefficient (Wildman–Crippen LogP) is 3.64. The first-order chi connectivity index (χ1) is 15.6. The van der Waals surface area contributed by atoms with Crippen LogP contribution in [0.15, 0.2) is 41.3 Å². The van der Waals surface area contributed by atoms with Crippen LogP contribution in [0.2, 0.25) is 5.02 Å². The molecule has 2 aromatic rings. The van der Waals surface area contributed by atoms with Crippen LogP contribution < -0.4 is 5.32 Å². The van der Waals surface area contributed by atoms with Gasteiger partial charge in [-0.05, 0) is 66.3 Å². The number of amides is 1. The van der Waals surface area contributed by atoms with E-state index in [1.54, 1.807) is 24.3 Å². The Morgan fingerprint density at radius 2 is 1.67 bits per heavy atom. The Morgan fingerprint density at radius 3 is 2.27 bits per heavy atom. The zero-order chi connectivity index (χ0) is 23.8. The standard InChI is InChI=1S/C24H25ClN2O5S/c1-15(28)26-19-2-4-21(5-3-19)33(31,32)27-8-6-16(7-9-27)10-24(30)22-13-17-11-20(29)12-18(17)14-23(22)25/h2-5,13-14,16H,6-12H2,1H3,(H,26,28). The van der Waals surface area contributed by atoms with Gasteiger partial charge >= 0.3 is 0 Å². The summed E-state index contributed by atoms with van der Waals surface area (Å²) in [5.41, 5.74) is 2.75. The van der Waals surface area contributed by atoms with Crippen molar-refractivity contribution in [2.75, 3.05) is 18.4 Å². The average molecular weight is 489 g/mol. The number of nitrogens with zero attached hydrogens (tertiary/aromatic N) is 1. The fourth-order valence-corrected chi connectivity index (χ4v) is 6.24. The second kappa shape index (κ2) is 9.37. The molecule has 1 heterocycles. The molecule has 1 amide bonds. The lowest BCUT2D eigenvalue weighted by molar-refractivity contribution is -0.117. The smallest absolute Gasteiger partial charge is 0.243 e. The molecule has 0 bridgehead atoms. The summed E-state index contributed by atoms with van der Waals surface area (Å²) in [6.07, 6.45) is 2.17. The summed E-state index contributed by atoms with van der Waals surface area (Å²) in [6.45, 7) is 2.05. The Hall–Kier alpha value is -2.55. The molecule has 1 N–H and O–H groups in total. The molecule has 9 heteroatoms. The third-order valence-corrected chi connectivity index (χ3v) is 8.45. The van der Waals surface area contributed by atoms with Gasteiger partial charge < -0.3 is 5.32 Å². The maximum absolute atomic E-state index is 13.0. The van der Waals surface area contributed by atoms with Gasteiger partial charge in [-0.3, -0.25) is 14.4 Å². The minimum absolute atomic E-state index is 0.0667. The van der Waals surface area contributed by atoms with Crippen molar-refractivity contribution < 1.29 is 22.8 Å². The first-order valence-electron chi connectivity index (χ1n) is 10.9. The molecular formula is C24H25ClN2O5S. The van der Waals surface area contributed by atoms with Crippen molar-refractivity contribution in [2.24, 2.45) is 5.92 Å². The number of Topliss-reactive ketones (excluding diaryl/α,β-unsaturated/α-hetero) is 2. The van der Waals surface area contributed by atoms with Gasteiger partial charge in [0.15, 0.2) is 5.78 Å². The van der Waals surface area contributed by atoms with Gasteiger partial charge in [-0.15, -0.1) is 0 Å². The number of carbonyl (C=O) groups is 3. The van der Waals surface area contributed by atoms with Crippen molar-refractivity contribution >= 4 is 44.8 Å². The van der Waals surface area contributed by atoms with E-state index in [2.05, 4.69) is 5.32 Å². The first kappa shape index (κ1) is 23.6. The van der Waals surface area contributed by atoms with Crippen LogP contribution in [0.5, 0.6) is 0 Å². The fourth-order valence-electron chi connectivity index (χ4n) is 4.48. The van der Waals surface area contributed by atoms with E-state index >= 15 is 0 Å². The fraction of sp³-hybridized carbons (Fsp3) is 0.375. The molecule has 1 aliphatic heterocycles. The molecule has 4 rings (SSSR count). The van der Waals surface area contributed by atoms with Crippen LogP contribution in [-0.2, 0) is 32.5 Å². The van der Waals surface area contributed by atoms with Gasteiger partial charge in [0.1, 0.15) is 5.78 Å². The number of anilines is 1. The lowest BCUT2D eigenvalue weighted by atomic mass is 9.90. The summed E-state index contributed by atoms with van der Waals surface area (Å²) in [6, 6.07) is 9.56. The van der Waals surface area contributed by atoms with E-state index < -0.39 is 10.0 Å². The Balaban J connectivity index is 1.37. The lowest BCUT2D eigenvalue weighted by Crippen LogP contribution is -2.38. The van der Waals surface area contributed by atoms with Gasteiger partial charge in [0.2, 0.25) is 15.9 Å². The Labute approximate surface area is 198 Å². The SMILES string of the molecule is CC(=O)Nc1ccc(S(=O)(=O)N2CCC(CC(=O)c3cc4c(cc3Cl)CC(=O)C4)CC2)cc1. The molecule has 0 spiro atoms. The minimum atomic E-state index is -3.65. The maximum Gasteiger partial charge on any atom is 0.243 e. The van der Waals surface area contributed by atoms with Crippen LogP contribution in [-0.4, -0.2) is 43.3 Å². The molecule has 1 aliphatic carbocycles. The number of rotatable bonds is 6. The molecule has 0 aromatic heterocycles. The highest BCUT2D eigenvalue weighted by molar-refractivity contribution is 7.89. The number of nitrogens with one attached hydrogen (secondary N) is 1. The van der Waals surface area contributed by atoms with E-state index in [1.807, 2.05) is 0 Å². The number of benzene rings is 2. The summed E-state index contributed by atoms with van der Waals surface area (Å²) >= 11 is 6.32. The van der Waals surface area contributed by atoms with Crippen LogP contribution in [0.3, 0.4) is 0 Å². The minimum Gasteiger partial charge on any atom is -0.326 e. The first-order valence-corrected chi connectivity index (χ1v) is 12.7. The van der Waals surface area contributed by atoms with Crippen LogP contribution in [0, 0.1) is 5.92 Å². The molecule has 174 valence electrons. The van der Waals surface area contributed by atoms with Gasteiger partial charge in [-0.1, -0.05) is 11.6 Å². The van der Waals surface area contributed by atoms with Crippen molar-refractivity contribution in [3.8, 4) is 0 Å². The molecular weight excluding hydrogens is 464 g/mol. The molecule has 33 heavy (non-hydrogen) atoms. The van der Waals surface area contributed by atoms with Gasteiger partial charge in [-0.25, -0.2) is 8.42 Å². The Bertz CT molecular complexity index is 1220. The van der Waals surface area contributed by atoms with E-state index in [0.29, 0.717) is 61.5 Å². The van der Waals surface area contributed by atoms with Crippen LogP contribution in [0.25, 0.3) is 0 Å². The molecule has 7 nitrogen and oxygen atoms in total. The largest absolute Gasteiger partial charge is 0.326 e. The lowest BCUT2D eigenvalue weighted by Gasteiger charge is -2.31. The maximum atomic E-state index is 13.0. The third-order valence-electron chi connectivity index (χ3n) is 6.22. The molecule has 0 atom stereocenters. The highest BCUT2D eigenvalue weighted by atomic mass is 35.5. The van der Waals surface area contributed by atoms with Crippen LogP contribution in [0.4, 0.5) is 5.69 Å². The van der Waals surface area contributed by atoms with Gasteiger partial charge in [0.05, 0.1) is 9.92 Å². The second-order valence-electron chi connectivity index (χ2n) is 8.67. The van der Waals surface area contributed by atoms with E-state index in [1.165, 1.54) is 23.4 Å². The average Bonchev–Trinajstić information content (AvgIpc) is 3.12. The summed E-state index contributed by atoms with van der Waals surface area (Å²) in [5, 5.41) is 2.99. The monoisotopic (exact) mass is 488 g/mol. The Morgan fingerprint density at radius 1 is 1.06 bits per heavy atom. The molecule has 1 fully saturated rings. The van der Waals surface area contributed by atoms with Gasteiger partial charge in [0.25, 0.3) is 0 Å². The van der Waals surface area contributed by atoms with Crippen molar-refractivity contribution in [2.45, 2.75) is 43.9 Å².